The minimum Gasteiger partial charge on any atom is -0.490 e. The van der Waals surface area contributed by atoms with Crippen molar-refractivity contribution in [1.82, 2.24) is 0 Å². The zero-order valence-corrected chi connectivity index (χ0v) is 12.8. The van der Waals surface area contributed by atoms with E-state index in [0.717, 1.165) is 5.56 Å². The van der Waals surface area contributed by atoms with Crippen molar-refractivity contribution in [2.45, 2.75) is 6.92 Å². The predicted octanol–water partition coefficient (Wildman–Crippen LogP) is 3.90. The van der Waals surface area contributed by atoms with Crippen LogP contribution in [0, 0.1) is 6.92 Å². The molecule has 0 atom stereocenters. The number of carbonyl (C=O) groups excluding carboxylic acids is 1. The maximum absolute atomic E-state index is 12.6. The summed E-state index contributed by atoms with van der Waals surface area (Å²) in [5.41, 5.74) is 2.01. The van der Waals surface area contributed by atoms with Gasteiger partial charge < -0.3 is 9.47 Å². The molecule has 3 nitrogen and oxygen atoms in total. The van der Waals surface area contributed by atoms with Crippen LogP contribution in [-0.2, 0) is 4.74 Å². The third kappa shape index (κ3) is 3.84. The summed E-state index contributed by atoms with van der Waals surface area (Å²) in [7, 11) is 1.61. The fourth-order valence-electron chi connectivity index (χ4n) is 1.96. The molecular weight excluding hydrogens is 288 g/mol. The molecule has 21 heavy (non-hydrogen) atoms. The highest BCUT2D eigenvalue weighted by molar-refractivity contribution is 6.31. The highest BCUT2D eigenvalue weighted by Crippen LogP contribution is 2.24. The Labute approximate surface area is 129 Å². The highest BCUT2D eigenvalue weighted by atomic mass is 35.5. The number of benzene rings is 2. The van der Waals surface area contributed by atoms with E-state index in [9.17, 15) is 4.79 Å². The molecule has 0 amide bonds. The molecule has 0 aliphatic rings. The Morgan fingerprint density at radius 1 is 1.14 bits per heavy atom. The van der Waals surface area contributed by atoms with Crippen molar-refractivity contribution in [3.05, 3.63) is 64.2 Å². The molecule has 0 fully saturated rings. The molecule has 2 rings (SSSR count). The maximum atomic E-state index is 12.6. The Balaban J connectivity index is 2.27. The van der Waals surface area contributed by atoms with Gasteiger partial charge in [0, 0.05) is 17.7 Å². The van der Waals surface area contributed by atoms with Gasteiger partial charge in [0.15, 0.2) is 5.78 Å². The second-order valence-electron chi connectivity index (χ2n) is 4.63. The monoisotopic (exact) mass is 304 g/mol. The van der Waals surface area contributed by atoms with Crippen molar-refractivity contribution >= 4 is 17.4 Å². The number of halogens is 1. The fraction of sp³-hybridized carbons (Fsp3) is 0.235. The van der Waals surface area contributed by atoms with E-state index in [4.69, 9.17) is 21.1 Å². The van der Waals surface area contributed by atoms with Gasteiger partial charge in [-0.1, -0.05) is 23.7 Å². The second kappa shape index (κ2) is 7.25. The van der Waals surface area contributed by atoms with E-state index in [1.54, 1.807) is 37.4 Å². The van der Waals surface area contributed by atoms with Gasteiger partial charge >= 0.3 is 0 Å². The lowest BCUT2D eigenvalue weighted by molar-refractivity contribution is 0.103. The lowest BCUT2D eigenvalue weighted by Gasteiger charge is -2.11. The number of carbonyl (C=O) groups is 1. The summed E-state index contributed by atoms with van der Waals surface area (Å²) in [5.74, 6) is 0.481. The zero-order chi connectivity index (χ0) is 15.2. The Bertz CT molecular complexity index is 638. The van der Waals surface area contributed by atoms with E-state index in [2.05, 4.69) is 0 Å². The molecule has 0 bridgehead atoms. The van der Waals surface area contributed by atoms with Crippen molar-refractivity contribution in [2.75, 3.05) is 20.3 Å². The number of aryl methyl sites for hydroxylation is 1. The molecule has 0 aliphatic heterocycles. The Hall–Kier alpha value is -1.84. The molecule has 110 valence electrons. The number of ether oxygens (including phenoxy) is 2. The maximum Gasteiger partial charge on any atom is 0.196 e. The van der Waals surface area contributed by atoms with Crippen LogP contribution in [0.5, 0.6) is 5.75 Å². The van der Waals surface area contributed by atoms with E-state index in [0.29, 0.717) is 35.1 Å². The summed E-state index contributed by atoms with van der Waals surface area (Å²) in [6.45, 7) is 2.75. The van der Waals surface area contributed by atoms with E-state index < -0.39 is 0 Å². The van der Waals surface area contributed by atoms with E-state index in [1.807, 2.05) is 19.1 Å². The quantitative estimate of drug-likeness (QED) is 0.599. The average molecular weight is 305 g/mol. The molecule has 2 aromatic carbocycles. The smallest absolute Gasteiger partial charge is 0.196 e. The zero-order valence-electron chi connectivity index (χ0n) is 12.1. The van der Waals surface area contributed by atoms with Crippen LogP contribution in [0.4, 0.5) is 0 Å². The molecular formula is C17H17ClO3. The van der Waals surface area contributed by atoms with Gasteiger partial charge in [-0.3, -0.25) is 4.79 Å². The standard InChI is InChI=1S/C17H17ClO3/c1-12-11-13(7-8-15(12)18)17(19)14-5-3-4-6-16(14)21-10-9-20-2/h3-8,11H,9-10H2,1-2H3. The van der Waals surface area contributed by atoms with Crippen LogP contribution in [0.2, 0.25) is 5.02 Å². The van der Waals surface area contributed by atoms with Gasteiger partial charge in [0.25, 0.3) is 0 Å². The molecule has 0 radical (unpaired) electrons. The van der Waals surface area contributed by atoms with Gasteiger partial charge in [-0.05, 0) is 42.8 Å². The summed E-state index contributed by atoms with van der Waals surface area (Å²) in [4.78, 5) is 12.6. The molecule has 4 heteroatoms. The van der Waals surface area contributed by atoms with E-state index in [-0.39, 0.29) is 5.78 Å². The average Bonchev–Trinajstić information content (AvgIpc) is 2.50. The van der Waals surface area contributed by atoms with E-state index in [1.165, 1.54) is 0 Å². The van der Waals surface area contributed by atoms with E-state index >= 15 is 0 Å². The SMILES string of the molecule is COCCOc1ccccc1C(=O)c1ccc(Cl)c(C)c1. The molecule has 0 unspecified atom stereocenters. The summed E-state index contributed by atoms with van der Waals surface area (Å²) >= 11 is 6.00. The Morgan fingerprint density at radius 2 is 1.90 bits per heavy atom. The normalized spacial score (nSPS) is 10.4. The number of hydrogen-bond donors (Lipinski definition) is 0. The van der Waals surface area contributed by atoms with Gasteiger partial charge in [-0.2, -0.15) is 0 Å². The molecule has 0 N–H and O–H groups in total. The van der Waals surface area contributed by atoms with Crippen molar-refractivity contribution in [3.63, 3.8) is 0 Å². The van der Waals surface area contributed by atoms with Crippen LogP contribution in [0.1, 0.15) is 21.5 Å². The van der Waals surface area contributed by atoms with Gasteiger partial charge in [0.05, 0.1) is 12.2 Å². The third-order valence-corrected chi connectivity index (χ3v) is 3.52. The van der Waals surface area contributed by atoms with Gasteiger partial charge in [0.1, 0.15) is 12.4 Å². The molecule has 0 aliphatic carbocycles. The van der Waals surface area contributed by atoms with Gasteiger partial charge in [0.2, 0.25) is 0 Å². The first-order chi connectivity index (χ1) is 10.1. The minimum absolute atomic E-state index is 0.0808. The Morgan fingerprint density at radius 3 is 2.62 bits per heavy atom. The summed E-state index contributed by atoms with van der Waals surface area (Å²) in [6, 6.07) is 12.4. The summed E-state index contributed by atoms with van der Waals surface area (Å²) < 4.78 is 10.6. The predicted molar refractivity (Wildman–Crippen MR) is 83.4 cm³/mol. The number of para-hydroxylation sites is 1. The number of rotatable bonds is 6. The topological polar surface area (TPSA) is 35.5 Å². The molecule has 0 heterocycles. The first kappa shape index (κ1) is 15.5. The van der Waals surface area contributed by atoms with Crippen molar-refractivity contribution in [1.29, 1.82) is 0 Å². The summed E-state index contributed by atoms with van der Waals surface area (Å²) in [5, 5.41) is 0.649. The Kier molecular flexibility index (Phi) is 5.37. The van der Waals surface area contributed by atoms with Crippen LogP contribution >= 0.6 is 11.6 Å². The number of hydrogen-bond acceptors (Lipinski definition) is 3. The molecule has 2 aromatic rings. The molecule has 0 saturated carbocycles. The number of methoxy groups -OCH3 is 1. The first-order valence-corrected chi connectivity index (χ1v) is 7.03. The van der Waals surface area contributed by atoms with Gasteiger partial charge in [-0.15, -0.1) is 0 Å². The summed E-state index contributed by atoms with van der Waals surface area (Å²) in [6.07, 6.45) is 0. The van der Waals surface area contributed by atoms with Crippen LogP contribution in [0.3, 0.4) is 0 Å². The number of ketones is 1. The molecule has 0 aromatic heterocycles. The minimum atomic E-state index is -0.0808. The van der Waals surface area contributed by atoms with Crippen LogP contribution in [-0.4, -0.2) is 26.1 Å². The van der Waals surface area contributed by atoms with Crippen LogP contribution in [0.15, 0.2) is 42.5 Å². The lowest BCUT2D eigenvalue weighted by Crippen LogP contribution is -2.09. The van der Waals surface area contributed by atoms with Crippen molar-refractivity contribution in [3.8, 4) is 5.75 Å². The largest absolute Gasteiger partial charge is 0.490 e. The van der Waals surface area contributed by atoms with Gasteiger partial charge in [-0.25, -0.2) is 0 Å². The highest BCUT2D eigenvalue weighted by Gasteiger charge is 2.15. The second-order valence-corrected chi connectivity index (χ2v) is 5.04. The molecule has 0 spiro atoms. The van der Waals surface area contributed by atoms with Crippen molar-refractivity contribution < 1.29 is 14.3 Å². The lowest BCUT2D eigenvalue weighted by atomic mass is 10.0. The fourth-order valence-corrected chi connectivity index (χ4v) is 2.07. The van der Waals surface area contributed by atoms with Crippen LogP contribution in [0.25, 0.3) is 0 Å². The van der Waals surface area contributed by atoms with Crippen molar-refractivity contribution in [2.24, 2.45) is 0 Å². The van der Waals surface area contributed by atoms with Crippen LogP contribution < -0.4 is 4.74 Å². The molecule has 0 saturated heterocycles. The third-order valence-electron chi connectivity index (χ3n) is 3.10. The first-order valence-electron chi connectivity index (χ1n) is 6.65.